The maximum Gasteiger partial charge on any atom is 0.166 e. The molecule has 1 aromatic rings. The third-order valence-electron chi connectivity index (χ3n) is 3.72. The average molecular weight is 295 g/mol. The molecule has 4 heteroatoms. The lowest BCUT2D eigenvalue weighted by molar-refractivity contribution is 0.0322. The Morgan fingerprint density at radius 3 is 2.43 bits per heavy atom. The van der Waals surface area contributed by atoms with E-state index in [2.05, 4.69) is 5.32 Å². The number of hydrogen-bond donors (Lipinski definition) is 2. The van der Waals surface area contributed by atoms with E-state index in [0.717, 1.165) is 29.9 Å². The second-order valence-corrected chi connectivity index (χ2v) is 5.65. The largest absolute Gasteiger partial charge is 0.493 e. The van der Waals surface area contributed by atoms with Crippen LogP contribution in [0.4, 0.5) is 0 Å². The second kappa shape index (κ2) is 8.25. The highest BCUT2D eigenvalue weighted by Gasteiger charge is 2.21. The van der Waals surface area contributed by atoms with Crippen molar-refractivity contribution in [2.24, 2.45) is 0 Å². The van der Waals surface area contributed by atoms with Crippen LogP contribution in [0.25, 0.3) is 0 Å². The number of benzene rings is 1. The zero-order valence-corrected chi connectivity index (χ0v) is 13.9. The van der Waals surface area contributed by atoms with Gasteiger partial charge >= 0.3 is 0 Å². The normalized spacial score (nSPS) is 11.8. The van der Waals surface area contributed by atoms with E-state index in [4.69, 9.17) is 9.47 Å². The summed E-state index contributed by atoms with van der Waals surface area (Å²) < 4.78 is 11.2. The van der Waals surface area contributed by atoms with Gasteiger partial charge < -0.3 is 19.9 Å². The molecule has 0 fully saturated rings. The highest BCUT2D eigenvalue weighted by atomic mass is 16.5. The van der Waals surface area contributed by atoms with E-state index in [1.54, 1.807) is 7.11 Å². The molecule has 21 heavy (non-hydrogen) atoms. The number of rotatable bonds is 9. The Hall–Kier alpha value is -1.26. The topological polar surface area (TPSA) is 50.7 Å². The molecular formula is C17H29NO3. The number of hydrogen-bond acceptors (Lipinski definition) is 4. The molecule has 0 saturated carbocycles. The second-order valence-electron chi connectivity index (χ2n) is 5.65. The van der Waals surface area contributed by atoms with E-state index >= 15 is 0 Å². The van der Waals surface area contributed by atoms with Crippen LogP contribution in [0.1, 0.15) is 46.1 Å². The van der Waals surface area contributed by atoms with E-state index in [9.17, 15) is 5.11 Å². The predicted octanol–water partition coefficient (Wildman–Crippen LogP) is 3.12. The van der Waals surface area contributed by atoms with Crippen LogP contribution < -0.4 is 14.8 Å². The molecule has 0 radical (unpaired) electrons. The minimum absolute atomic E-state index is 0.0864. The lowest BCUT2D eigenvalue weighted by Gasteiger charge is -2.26. The van der Waals surface area contributed by atoms with Crippen LogP contribution in [0.2, 0.25) is 0 Å². The summed E-state index contributed by atoms with van der Waals surface area (Å²) in [4.78, 5) is 0. The van der Waals surface area contributed by atoms with E-state index in [1.165, 1.54) is 0 Å². The Morgan fingerprint density at radius 2 is 1.90 bits per heavy atom. The molecular weight excluding hydrogens is 266 g/mol. The summed E-state index contributed by atoms with van der Waals surface area (Å²) in [6, 6.07) is 5.87. The number of nitrogens with one attached hydrogen (secondary N) is 1. The average Bonchev–Trinajstić information content (AvgIpc) is 2.48. The molecule has 1 aromatic carbocycles. The van der Waals surface area contributed by atoms with Crippen LogP contribution >= 0.6 is 0 Å². The van der Waals surface area contributed by atoms with Crippen molar-refractivity contribution >= 4 is 0 Å². The van der Waals surface area contributed by atoms with Crippen molar-refractivity contribution in [1.82, 2.24) is 5.32 Å². The molecule has 0 spiro atoms. The molecule has 0 heterocycles. The Kier molecular flexibility index (Phi) is 6.99. The number of aliphatic hydroxyl groups is 1. The van der Waals surface area contributed by atoms with Crippen molar-refractivity contribution < 1.29 is 14.6 Å². The first-order chi connectivity index (χ1) is 9.95. The fourth-order valence-corrected chi connectivity index (χ4v) is 2.16. The molecule has 0 amide bonds. The van der Waals surface area contributed by atoms with Crippen molar-refractivity contribution in [3.8, 4) is 11.5 Å². The Labute approximate surface area is 128 Å². The van der Waals surface area contributed by atoms with Gasteiger partial charge in [-0.15, -0.1) is 0 Å². The van der Waals surface area contributed by atoms with Crippen LogP contribution in [0.3, 0.4) is 0 Å². The lowest BCUT2D eigenvalue weighted by Crippen LogP contribution is -2.39. The monoisotopic (exact) mass is 295 g/mol. The molecule has 0 bridgehead atoms. The Balaban J connectivity index is 2.78. The summed E-state index contributed by atoms with van der Waals surface area (Å²) in [7, 11) is 1.65. The molecule has 0 unspecified atom stereocenters. The van der Waals surface area contributed by atoms with Gasteiger partial charge in [0.15, 0.2) is 11.5 Å². The molecule has 0 aliphatic carbocycles. The molecule has 1 rings (SSSR count). The summed E-state index contributed by atoms with van der Waals surface area (Å²) in [5.41, 5.74) is 0.399. The zero-order valence-electron chi connectivity index (χ0n) is 13.9. The highest BCUT2D eigenvalue weighted by Crippen LogP contribution is 2.32. The van der Waals surface area contributed by atoms with Crippen LogP contribution in [0.15, 0.2) is 18.2 Å². The van der Waals surface area contributed by atoms with Gasteiger partial charge in [0.1, 0.15) is 0 Å². The maximum absolute atomic E-state index is 10.3. The van der Waals surface area contributed by atoms with Gasteiger partial charge in [0.05, 0.1) is 18.8 Å². The summed E-state index contributed by atoms with van der Waals surface area (Å²) in [5.74, 6) is 1.52. The molecule has 0 atom stereocenters. The fourth-order valence-electron chi connectivity index (χ4n) is 2.16. The maximum atomic E-state index is 10.3. The van der Waals surface area contributed by atoms with Crippen molar-refractivity contribution in [1.29, 1.82) is 0 Å². The first-order valence-electron chi connectivity index (χ1n) is 7.71. The van der Waals surface area contributed by atoms with Crippen LogP contribution in [-0.2, 0) is 6.54 Å². The number of para-hydroxylation sites is 1. The Bertz CT molecular complexity index is 428. The lowest BCUT2D eigenvalue weighted by atomic mass is 9.97. The predicted molar refractivity (Wildman–Crippen MR) is 86.0 cm³/mol. The molecule has 0 aliphatic rings. The SMILES string of the molecule is CCC(O)(CC)CNCc1cccc(OC)c1OC(C)C. The molecule has 120 valence electrons. The van der Waals surface area contributed by atoms with E-state index in [1.807, 2.05) is 45.9 Å². The fraction of sp³-hybridized carbons (Fsp3) is 0.647. The van der Waals surface area contributed by atoms with Gasteiger partial charge in [-0.2, -0.15) is 0 Å². The standard InChI is InChI=1S/C17H29NO3/c1-6-17(19,7-2)12-18-11-14-9-8-10-15(20-5)16(14)21-13(3)4/h8-10,13,18-19H,6-7,11-12H2,1-5H3. The van der Waals surface area contributed by atoms with Gasteiger partial charge in [-0.3, -0.25) is 0 Å². The van der Waals surface area contributed by atoms with Gasteiger partial charge in [-0.25, -0.2) is 0 Å². The molecule has 0 aromatic heterocycles. The third kappa shape index (κ3) is 5.21. The first kappa shape index (κ1) is 17.8. The van der Waals surface area contributed by atoms with Crippen molar-refractivity contribution in [3.63, 3.8) is 0 Å². The van der Waals surface area contributed by atoms with E-state index < -0.39 is 5.60 Å². The van der Waals surface area contributed by atoms with Crippen molar-refractivity contribution in [2.75, 3.05) is 13.7 Å². The van der Waals surface area contributed by atoms with E-state index in [0.29, 0.717) is 13.1 Å². The summed E-state index contributed by atoms with van der Waals surface area (Å²) in [6.07, 6.45) is 1.57. The summed E-state index contributed by atoms with van der Waals surface area (Å²) in [5, 5.41) is 13.6. The van der Waals surface area contributed by atoms with Crippen LogP contribution in [-0.4, -0.2) is 30.5 Å². The third-order valence-corrected chi connectivity index (χ3v) is 3.72. The number of ether oxygens (including phenoxy) is 2. The van der Waals surface area contributed by atoms with Crippen molar-refractivity contribution in [2.45, 2.75) is 58.8 Å². The summed E-state index contributed by atoms with van der Waals surface area (Å²) >= 11 is 0. The molecule has 0 saturated heterocycles. The quantitative estimate of drug-likeness (QED) is 0.735. The zero-order chi connectivity index (χ0) is 15.9. The minimum Gasteiger partial charge on any atom is -0.493 e. The van der Waals surface area contributed by atoms with E-state index in [-0.39, 0.29) is 6.10 Å². The minimum atomic E-state index is -0.641. The van der Waals surface area contributed by atoms with Gasteiger partial charge in [0, 0.05) is 18.7 Å². The Morgan fingerprint density at radius 1 is 1.24 bits per heavy atom. The highest BCUT2D eigenvalue weighted by molar-refractivity contribution is 5.46. The van der Waals surface area contributed by atoms with Gasteiger partial charge in [0.2, 0.25) is 0 Å². The van der Waals surface area contributed by atoms with Crippen LogP contribution in [0.5, 0.6) is 11.5 Å². The molecule has 4 nitrogen and oxygen atoms in total. The summed E-state index contributed by atoms with van der Waals surface area (Å²) in [6.45, 7) is 9.21. The smallest absolute Gasteiger partial charge is 0.166 e. The van der Waals surface area contributed by atoms with Gasteiger partial charge in [-0.05, 0) is 32.8 Å². The van der Waals surface area contributed by atoms with Crippen LogP contribution in [0, 0.1) is 0 Å². The van der Waals surface area contributed by atoms with Crippen molar-refractivity contribution in [3.05, 3.63) is 23.8 Å². The molecule has 0 aliphatic heterocycles. The van der Waals surface area contributed by atoms with Gasteiger partial charge in [-0.1, -0.05) is 26.0 Å². The molecule has 2 N–H and O–H groups in total. The first-order valence-corrected chi connectivity index (χ1v) is 7.71. The van der Waals surface area contributed by atoms with Gasteiger partial charge in [0.25, 0.3) is 0 Å². The number of methoxy groups -OCH3 is 1.